The number of hydrogen-bond acceptors (Lipinski definition) is 7. The number of hydrogen-bond donors (Lipinski definition) is 3. The fourth-order valence-corrected chi connectivity index (χ4v) is 5.14. The third kappa shape index (κ3) is 6.80. The predicted molar refractivity (Wildman–Crippen MR) is 143 cm³/mol. The van der Waals surface area contributed by atoms with Crippen LogP contribution in [0.25, 0.3) is 0 Å². The molecular formula is C28H32F3N5O5. The van der Waals surface area contributed by atoms with Gasteiger partial charge in [-0.1, -0.05) is 12.1 Å². The summed E-state index contributed by atoms with van der Waals surface area (Å²) in [6.07, 6.45) is 1.62. The van der Waals surface area contributed by atoms with Crippen molar-refractivity contribution >= 4 is 23.7 Å². The van der Waals surface area contributed by atoms with Gasteiger partial charge in [0.05, 0.1) is 25.0 Å². The minimum atomic E-state index is -1.44. The molecule has 41 heavy (non-hydrogen) atoms. The van der Waals surface area contributed by atoms with Crippen LogP contribution in [0.5, 0.6) is 0 Å². The van der Waals surface area contributed by atoms with Crippen LogP contribution in [0.3, 0.4) is 0 Å². The average molecular weight is 576 g/mol. The SMILES string of the molecule is COCC1=C(C(=O)OC)[C@H](c2ccc(F)c(F)c2)N(C(=O)NCCN(c2cccc(F)c2)C2CCNCC2)C(=O)N1. The zero-order chi connectivity index (χ0) is 29.5. The van der Waals surface area contributed by atoms with Crippen LogP contribution in [0.2, 0.25) is 0 Å². The van der Waals surface area contributed by atoms with E-state index in [4.69, 9.17) is 9.47 Å². The lowest BCUT2D eigenvalue weighted by molar-refractivity contribution is -0.137. The molecule has 0 spiro atoms. The van der Waals surface area contributed by atoms with E-state index in [0.717, 1.165) is 50.1 Å². The van der Waals surface area contributed by atoms with Crippen LogP contribution in [0, 0.1) is 17.5 Å². The Balaban J connectivity index is 1.62. The summed E-state index contributed by atoms with van der Waals surface area (Å²) in [5.74, 6) is -3.65. The number of halogens is 3. The Morgan fingerprint density at radius 1 is 1.07 bits per heavy atom. The molecule has 13 heteroatoms. The van der Waals surface area contributed by atoms with Gasteiger partial charge in [0.1, 0.15) is 11.9 Å². The molecule has 2 aliphatic heterocycles. The molecule has 1 saturated heterocycles. The van der Waals surface area contributed by atoms with Crippen LogP contribution in [0.1, 0.15) is 24.4 Å². The van der Waals surface area contributed by atoms with Gasteiger partial charge in [-0.15, -0.1) is 0 Å². The van der Waals surface area contributed by atoms with Crippen molar-refractivity contribution in [2.24, 2.45) is 0 Å². The predicted octanol–water partition coefficient (Wildman–Crippen LogP) is 3.21. The van der Waals surface area contributed by atoms with E-state index < -0.39 is 35.7 Å². The first-order valence-electron chi connectivity index (χ1n) is 13.1. The Hall–Kier alpha value is -4.10. The normalized spacial score (nSPS) is 17.7. The van der Waals surface area contributed by atoms with Crippen molar-refractivity contribution < 1.29 is 37.0 Å². The number of nitrogens with zero attached hydrogens (tertiary/aromatic N) is 2. The first kappa shape index (κ1) is 29.9. The molecular weight excluding hydrogens is 543 g/mol. The maximum absolute atomic E-state index is 14.3. The Labute approximate surface area is 235 Å². The molecule has 10 nitrogen and oxygen atoms in total. The van der Waals surface area contributed by atoms with E-state index in [9.17, 15) is 27.6 Å². The van der Waals surface area contributed by atoms with Gasteiger partial charge in [-0.2, -0.15) is 0 Å². The maximum atomic E-state index is 14.3. The molecule has 0 radical (unpaired) electrons. The average Bonchev–Trinajstić information content (AvgIpc) is 2.96. The van der Waals surface area contributed by atoms with Crippen molar-refractivity contribution in [2.75, 3.05) is 51.9 Å². The first-order chi connectivity index (χ1) is 19.7. The molecule has 2 heterocycles. The molecule has 1 fully saturated rings. The van der Waals surface area contributed by atoms with E-state index in [2.05, 4.69) is 16.0 Å². The van der Waals surface area contributed by atoms with Crippen molar-refractivity contribution in [1.82, 2.24) is 20.9 Å². The topological polar surface area (TPSA) is 112 Å². The van der Waals surface area contributed by atoms with Gasteiger partial charge in [-0.25, -0.2) is 32.5 Å². The van der Waals surface area contributed by atoms with Crippen molar-refractivity contribution in [2.45, 2.75) is 24.9 Å². The number of rotatable bonds is 9. The number of piperidine rings is 1. The summed E-state index contributed by atoms with van der Waals surface area (Å²) in [6, 6.07) is 5.86. The van der Waals surface area contributed by atoms with Crippen LogP contribution < -0.4 is 20.9 Å². The van der Waals surface area contributed by atoms with Crippen LogP contribution in [0.15, 0.2) is 53.7 Å². The molecule has 1 atom stereocenters. The molecule has 220 valence electrons. The number of ether oxygens (including phenoxy) is 2. The monoisotopic (exact) mass is 575 g/mol. The lowest BCUT2D eigenvalue weighted by Crippen LogP contribution is -2.56. The quantitative estimate of drug-likeness (QED) is 0.394. The highest BCUT2D eigenvalue weighted by atomic mass is 19.2. The fourth-order valence-electron chi connectivity index (χ4n) is 5.14. The highest BCUT2D eigenvalue weighted by Crippen LogP contribution is 2.35. The number of carbonyl (C=O) groups is 3. The number of nitrogens with one attached hydrogen (secondary N) is 3. The summed E-state index contributed by atoms with van der Waals surface area (Å²) in [6.45, 7) is 1.71. The van der Waals surface area contributed by atoms with Crippen LogP contribution in [-0.2, 0) is 14.3 Å². The van der Waals surface area contributed by atoms with E-state index in [1.165, 1.54) is 25.3 Å². The fraction of sp³-hybridized carbons (Fsp3) is 0.393. The molecule has 3 N–H and O–H groups in total. The number of anilines is 1. The lowest BCUT2D eigenvalue weighted by atomic mass is 9.93. The minimum Gasteiger partial charge on any atom is -0.466 e. The Morgan fingerprint density at radius 3 is 2.49 bits per heavy atom. The Morgan fingerprint density at radius 2 is 1.83 bits per heavy atom. The van der Waals surface area contributed by atoms with Gasteiger partial charge < -0.3 is 30.3 Å². The molecule has 2 aromatic carbocycles. The zero-order valence-electron chi connectivity index (χ0n) is 22.7. The minimum absolute atomic E-state index is 0.0197. The second-order valence-electron chi connectivity index (χ2n) is 9.58. The van der Waals surface area contributed by atoms with Crippen LogP contribution in [0.4, 0.5) is 28.4 Å². The van der Waals surface area contributed by atoms with Gasteiger partial charge in [-0.05, 0) is 61.8 Å². The largest absolute Gasteiger partial charge is 0.466 e. The molecule has 0 saturated carbocycles. The molecule has 0 bridgehead atoms. The first-order valence-corrected chi connectivity index (χ1v) is 13.1. The highest BCUT2D eigenvalue weighted by molar-refractivity contribution is 6.01. The van der Waals surface area contributed by atoms with Gasteiger partial charge in [0, 0.05) is 31.9 Å². The lowest BCUT2D eigenvalue weighted by Gasteiger charge is -2.38. The third-order valence-electron chi connectivity index (χ3n) is 7.02. The summed E-state index contributed by atoms with van der Waals surface area (Å²) in [5.41, 5.74) is 0.471. The van der Waals surface area contributed by atoms with Gasteiger partial charge in [0.25, 0.3) is 0 Å². The van der Waals surface area contributed by atoms with Gasteiger partial charge >= 0.3 is 18.0 Å². The summed E-state index contributed by atoms with van der Waals surface area (Å²) in [4.78, 5) is 42.3. The molecule has 4 amide bonds. The standard InChI is InChI=1S/C28H32F3N5O5/c1-40-16-23-24(26(37)41-2)25(17-6-7-21(30)22(31)14-17)36(28(39)34-23)27(38)33-12-13-35(19-8-10-32-11-9-19)20-5-3-4-18(29)15-20/h3-7,14-15,19,25,32H,8-13,16H2,1-2H3,(H,33,38)(H,34,39)/t25-/m0/s1. The molecule has 0 aromatic heterocycles. The smallest absolute Gasteiger partial charge is 0.338 e. The molecule has 0 aliphatic carbocycles. The number of carbonyl (C=O) groups excluding carboxylic acids is 3. The molecule has 2 aromatic rings. The van der Waals surface area contributed by atoms with Crippen molar-refractivity contribution in [3.63, 3.8) is 0 Å². The molecule has 4 rings (SSSR count). The number of urea groups is 2. The molecule has 0 unspecified atom stereocenters. The summed E-state index contributed by atoms with van der Waals surface area (Å²) in [5, 5.41) is 8.45. The van der Waals surface area contributed by atoms with Gasteiger partial charge in [-0.3, -0.25) is 0 Å². The number of imide groups is 1. The summed E-state index contributed by atoms with van der Waals surface area (Å²) < 4.78 is 52.1. The molecule has 2 aliphatic rings. The van der Waals surface area contributed by atoms with Crippen molar-refractivity contribution in [1.29, 1.82) is 0 Å². The van der Waals surface area contributed by atoms with E-state index >= 15 is 0 Å². The number of methoxy groups -OCH3 is 2. The summed E-state index contributed by atoms with van der Waals surface area (Å²) in [7, 11) is 2.46. The maximum Gasteiger partial charge on any atom is 0.338 e. The van der Waals surface area contributed by atoms with Crippen LogP contribution in [-0.4, -0.2) is 76.0 Å². The van der Waals surface area contributed by atoms with E-state index in [1.807, 2.05) is 4.90 Å². The van der Waals surface area contributed by atoms with E-state index in [0.29, 0.717) is 12.2 Å². The third-order valence-corrected chi connectivity index (χ3v) is 7.02. The van der Waals surface area contributed by atoms with E-state index in [-0.39, 0.29) is 41.8 Å². The number of esters is 1. The Bertz CT molecular complexity index is 1320. The Kier molecular flexibility index (Phi) is 9.84. The zero-order valence-corrected chi connectivity index (χ0v) is 22.7. The summed E-state index contributed by atoms with van der Waals surface area (Å²) >= 11 is 0. The van der Waals surface area contributed by atoms with Gasteiger partial charge in [0.2, 0.25) is 0 Å². The van der Waals surface area contributed by atoms with Crippen molar-refractivity contribution in [3.05, 3.63) is 76.7 Å². The second kappa shape index (κ2) is 13.5. The van der Waals surface area contributed by atoms with E-state index in [1.54, 1.807) is 12.1 Å². The van der Waals surface area contributed by atoms with Crippen molar-refractivity contribution in [3.8, 4) is 0 Å². The highest BCUT2D eigenvalue weighted by Gasteiger charge is 2.43. The van der Waals surface area contributed by atoms with Crippen LogP contribution >= 0.6 is 0 Å². The number of benzene rings is 2. The second-order valence-corrected chi connectivity index (χ2v) is 9.58. The number of amides is 4. The van der Waals surface area contributed by atoms with Gasteiger partial charge in [0.15, 0.2) is 11.6 Å².